The summed E-state index contributed by atoms with van der Waals surface area (Å²) in [6.07, 6.45) is 17.9. The first-order chi connectivity index (χ1) is 15.4. The number of hydrogen-bond acceptors (Lipinski definition) is 2. The van der Waals surface area contributed by atoms with Gasteiger partial charge in [0.25, 0.3) is 0 Å². The quantitative estimate of drug-likeness (QED) is 0.503. The van der Waals surface area contributed by atoms with Gasteiger partial charge in [-0.15, -0.1) is 0 Å². The van der Waals surface area contributed by atoms with Crippen molar-refractivity contribution in [3.63, 3.8) is 0 Å². The van der Waals surface area contributed by atoms with Crippen LogP contribution >= 0.6 is 0 Å². The summed E-state index contributed by atoms with van der Waals surface area (Å²) < 4.78 is 0. The van der Waals surface area contributed by atoms with E-state index in [0.29, 0.717) is 10.8 Å². The lowest BCUT2D eigenvalue weighted by Crippen LogP contribution is -2.54. The molecule has 0 radical (unpaired) electrons. The highest BCUT2D eigenvalue weighted by Gasteiger charge is 2.58. The monoisotopic (exact) mass is 428 g/mol. The molecule has 0 bridgehead atoms. The van der Waals surface area contributed by atoms with Gasteiger partial charge in [-0.3, -0.25) is 4.98 Å². The Hall–Kier alpha value is -1.67. The van der Waals surface area contributed by atoms with Crippen molar-refractivity contribution in [2.45, 2.75) is 71.3 Å². The average Bonchev–Trinajstić information content (AvgIpc) is 3.15. The Morgan fingerprint density at radius 2 is 1.81 bits per heavy atom. The van der Waals surface area contributed by atoms with Crippen molar-refractivity contribution < 1.29 is 0 Å². The molecule has 7 unspecified atom stereocenters. The Balaban J connectivity index is 1.28. The maximum absolute atomic E-state index is 4.30. The van der Waals surface area contributed by atoms with E-state index in [9.17, 15) is 0 Å². The fourth-order valence-corrected chi connectivity index (χ4v) is 8.97. The summed E-state index contributed by atoms with van der Waals surface area (Å²) in [6.45, 7) is 5.31. The van der Waals surface area contributed by atoms with Crippen molar-refractivity contribution in [3.8, 4) is 0 Å². The van der Waals surface area contributed by atoms with Crippen LogP contribution in [0.4, 0.5) is 0 Å². The first kappa shape index (κ1) is 20.9. The molecule has 7 atom stereocenters. The highest BCUT2D eigenvalue weighted by molar-refractivity contribution is 5.86. The number of fused-ring (bicyclic) bond motifs is 6. The Morgan fingerprint density at radius 3 is 2.66 bits per heavy atom. The van der Waals surface area contributed by atoms with Crippen LogP contribution in [0.1, 0.15) is 70.8 Å². The van der Waals surface area contributed by atoms with Crippen LogP contribution in [0, 0.1) is 34.5 Å². The zero-order valence-corrected chi connectivity index (χ0v) is 20.5. The Bertz CT molecular complexity index is 1050. The molecule has 4 aliphatic rings. The molecule has 6 rings (SSSR count). The third-order valence-corrected chi connectivity index (χ3v) is 10.9. The second kappa shape index (κ2) is 7.42. The molecule has 2 aromatic rings. The normalized spacial score (nSPS) is 41.2. The third-order valence-electron chi connectivity index (χ3n) is 10.9. The Morgan fingerprint density at radius 1 is 0.938 bits per heavy atom. The summed E-state index contributed by atoms with van der Waals surface area (Å²) in [5, 5.41) is 2.57. The zero-order chi connectivity index (χ0) is 22.1. The molecule has 1 heterocycles. The second-order valence-electron chi connectivity index (χ2n) is 12.3. The largest absolute Gasteiger partial charge is 0.306 e. The lowest BCUT2D eigenvalue weighted by atomic mass is 9.44. The van der Waals surface area contributed by atoms with Gasteiger partial charge in [-0.05, 0) is 129 Å². The van der Waals surface area contributed by atoms with Crippen molar-refractivity contribution in [3.05, 3.63) is 48.3 Å². The minimum absolute atomic E-state index is 0.353. The first-order valence-electron chi connectivity index (χ1n) is 13.1. The van der Waals surface area contributed by atoms with E-state index in [1.807, 2.05) is 12.4 Å². The van der Waals surface area contributed by atoms with Crippen LogP contribution in [0.3, 0.4) is 0 Å². The van der Waals surface area contributed by atoms with Crippen LogP contribution < -0.4 is 0 Å². The van der Waals surface area contributed by atoms with E-state index in [4.69, 9.17) is 0 Å². The van der Waals surface area contributed by atoms with Crippen molar-refractivity contribution in [1.29, 1.82) is 0 Å². The van der Waals surface area contributed by atoms with Crippen LogP contribution in [-0.4, -0.2) is 30.0 Å². The number of allylic oxidation sites excluding steroid dienone is 2. The lowest BCUT2D eigenvalue weighted by molar-refractivity contribution is -0.106. The molecular formula is C30H40N2. The highest BCUT2D eigenvalue weighted by atomic mass is 15.1. The van der Waals surface area contributed by atoms with Crippen molar-refractivity contribution >= 4 is 16.3 Å². The molecular weight excluding hydrogens is 388 g/mol. The Labute approximate surface area is 194 Å². The highest BCUT2D eigenvalue weighted by Crippen LogP contribution is 2.67. The van der Waals surface area contributed by atoms with Gasteiger partial charge in [0.2, 0.25) is 0 Å². The minimum Gasteiger partial charge on any atom is -0.306 e. The summed E-state index contributed by atoms with van der Waals surface area (Å²) in [7, 11) is 4.58. The molecule has 170 valence electrons. The number of nitrogens with zero attached hydrogens (tertiary/aromatic N) is 2. The van der Waals surface area contributed by atoms with Gasteiger partial charge in [-0.2, -0.15) is 0 Å². The first-order valence-corrected chi connectivity index (χ1v) is 13.1. The molecule has 2 nitrogen and oxygen atoms in total. The van der Waals surface area contributed by atoms with Gasteiger partial charge in [0, 0.05) is 23.8 Å². The fraction of sp³-hybridized carbons (Fsp3) is 0.633. The number of rotatable bonds is 2. The maximum Gasteiger partial charge on any atom is 0.0346 e. The molecule has 2 heteroatoms. The van der Waals surface area contributed by atoms with E-state index in [0.717, 1.165) is 29.7 Å². The van der Waals surface area contributed by atoms with E-state index in [-0.39, 0.29) is 0 Å². The maximum atomic E-state index is 4.30. The Kier molecular flexibility index (Phi) is 4.85. The van der Waals surface area contributed by atoms with Gasteiger partial charge in [-0.25, -0.2) is 0 Å². The molecule has 1 aromatic carbocycles. The van der Waals surface area contributed by atoms with Crippen molar-refractivity contribution in [2.75, 3.05) is 14.1 Å². The standard InChI is InChI=1S/C30H40N2/c1-29-14-11-24(32(3)4)18-23(29)7-8-25-27-10-9-26(30(27,2)15-12-28(25)29)21-5-6-22-19-31-16-13-20(22)17-21/h5-6,9,13,16-17,19,23-25,27-28H,7-8,10-12,14-15,18H2,1-4H3. The van der Waals surface area contributed by atoms with Crippen molar-refractivity contribution in [2.24, 2.45) is 34.5 Å². The van der Waals surface area contributed by atoms with Gasteiger partial charge in [0.1, 0.15) is 0 Å². The predicted molar refractivity (Wildman–Crippen MR) is 134 cm³/mol. The van der Waals surface area contributed by atoms with E-state index in [2.05, 4.69) is 68.2 Å². The molecule has 4 aliphatic carbocycles. The number of aromatic nitrogens is 1. The van der Waals surface area contributed by atoms with Crippen LogP contribution in [0.2, 0.25) is 0 Å². The molecule has 0 spiro atoms. The minimum atomic E-state index is 0.353. The number of benzene rings is 1. The van der Waals surface area contributed by atoms with E-state index >= 15 is 0 Å². The SMILES string of the molecule is CN(C)C1CCC2(C)C(CCC3C4CC=C(c5ccc6cnccc6c5)C4(C)CCC32)C1. The zero-order valence-electron chi connectivity index (χ0n) is 20.5. The number of pyridine rings is 1. The van der Waals surface area contributed by atoms with E-state index in [1.165, 1.54) is 67.7 Å². The van der Waals surface area contributed by atoms with Crippen LogP contribution in [0.15, 0.2) is 42.7 Å². The van der Waals surface area contributed by atoms with E-state index < -0.39 is 0 Å². The molecule has 32 heavy (non-hydrogen) atoms. The fourth-order valence-electron chi connectivity index (χ4n) is 8.97. The molecule has 3 fully saturated rings. The van der Waals surface area contributed by atoms with Crippen LogP contribution in [0.5, 0.6) is 0 Å². The molecule has 3 saturated carbocycles. The van der Waals surface area contributed by atoms with Gasteiger partial charge in [0.15, 0.2) is 0 Å². The number of hydrogen-bond donors (Lipinski definition) is 0. The van der Waals surface area contributed by atoms with Gasteiger partial charge < -0.3 is 4.90 Å². The van der Waals surface area contributed by atoms with Crippen LogP contribution in [-0.2, 0) is 0 Å². The van der Waals surface area contributed by atoms with E-state index in [1.54, 1.807) is 5.57 Å². The van der Waals surface area contributed by atoms with Gasteiger partial charge in [-0.1, -0.05) is 32.1 Å². The average molecular weight is 429 g/mol. The summed E-state index contributed by atoms with van der Waals surface area (Å²) >= 11 is 0. The topological polar surface area (TPSA) is 16.1 Å². The summed E-state index contributed by atoms with van der Waals surface area (Å²) in [4.78, 5) is 6.80. The molecule has 0 amide bonds. The lowest BCUT2D eigenvalue weighted by Gasteiger charge is -2.61. The second-order valence-corrected chi connectivity index (χ2v) is 12.3. The molecule has 0 N–H and O–H groups in total. The smallest absolute Gasteiger partial charge is 0.0346 e. The summed E-state index contributed by atoms with van der Waals surface area (Å²) in [6, 6.07) is 10.0. The van der Waals surface area contributed by atoms with Gasteiger partial charge >= 0.3 is 0 Å². The van der Waals surface area contributed by atoms with Crippen LogP contribution in [0.25, 0.3) is 16.3 Å². The predicted octanol–water partition coefficient (Wildman–Crippen LogP) is 7.20. The molecule has 1 aromatic heterocycles. The summed E-state index contributed by atoms with van der Waals surface area (Å²) in [5.41, 5.74) is 4.03. The molecule has 0 aliphatic heterocycles. The van der Waals surface area contributed by atoms with Gasteiger partial charge in [0.05, 0.1) is 0 Å². The summed E-state index contributed by atoms with van der Waals surface area (Å²) in [5.74, 6) is 3.65. The van der Waals surface area contributed by atoms with Crippen molar-refractivity contribution in [1.82, 2.24) is 9.88 Å². The third kappa shape index (κ3) is 2.98. The molecule has 0 saturated heterocycles.